The maximum Gasteiger partial charge on any atom is 0.295 e. The standard InChI is InChI=1S/C30H36N4O3/c1-20-24(19-31-34(20)23-11-8-7-9-12-23)27(35)25-26(21-13-15-22(16-14-21)30(2,3)4)33(29(37)28(25)36)18-10-17-32(5)6/h7-9,11-16,19,26,35H,10,17-18H2,1-6H3/b27-25+/t26-/m0/s1. The number of benzene rings is 2. The zero-order chi connectivity index (χ0) is 26.9. The molecule has 1 N–H and O–H groups in total. The van der Waals surface area contributed by atoms with E-state index in [0.717, 1.165) is 23.4 Å². The highest BCUT2D eigenvalue weighted by atomic mass is 16.3. The van der Waals surface area contributed by atoms with E-state index in [9.17, 15) is 14.7 Å². The highest BCUT2D eigenvalue weighted by Crippen LogP contribution is 2.40. The lowest BCUT2D eigenvalue weighted by atomic mass is 9.85. The van der Waals surface area contributed by atoms with Gasteiger partial charge in [0.05, 0.1) is 34.8 Å². The van der Waals surface area contributed by atoms with Crippen LogP contribution in [0.1, 0.15) is 55.6 Å². The molecule has 7 nitrogen and oxygen atoms in total. The van der Waals surface area contributed by atoms with Gasteiger partial charge in [0.15, 0.2) is 0 Å². The molecule has 1 aromatic heterocycles. The number of ketones is 1. The third-order valence-corrected chi connectivity index (χ3v) is 6.90. The molecule has 0 saturated carbocycles. The predicted molar refractivity (Wildman–Crippen MR) is 146 cm³/mol. The Morgan fingerprint density at radius 1 is 1.03 bits per heavy atom. The van der Waals surface area contributed by atoms with E-state index in [4.69, 9.17) is 0 Å². The molecule has 4 rings (SSSR count). The average molecular weight is 501 g/mol. The first-order chi connectivity index (χ1) is 17.5. The molecule has 1 amide bonds. The van der Waals surface area contributed by atoms with Gasteiger partial charge in [-0.3, -0.25) is 9.59 Å². The van der Waals surface area contributed by atoms with Crippen LogP contribution in [0.3, 0.4) is 0 Å². The zero-order valence-corrected chi connectivity index (χ0v) is 22.5. The number of aliphatic hydroxyl groups excluding tert-OH is 1. The molecule has 0 unspecified atom stereocenters. The fraction of sp³-hybridized carbons (Fsp3) is 0.367. The van der Waals surface area contributed by atoms with Crippen molar-refractivity contribution in [2.24, 2.45) is 0 Å². The Morgan fingerprint density at radius 2 is 1.68 bits per heavy atom. The molecule has 37 heavy (non-hydrogen) atoms. The summed E-state index contributed by atoms with van der Waals surface area (Å²) >= 11 is 0. The Kier molecular flexibility index (Phi) is 7.37. The summed E-state index contributed by atoms with van der Waals surface area (Å²) in [5.41, 5.74) is 3.99. The van der Waals surface area contributed by atoms with Gasteiger partial charge in [-0.2, -0.15) is 5.10 Å². The number of aliphatic hydroxyl groups is 1. The lowest BCUT2D eigenvalue weighted by Gasteiger charge is -2.27. The number of nitrogens with zero attached hydrogens (tertiary/aromatic N) is 4. The van der Waals surface area contributed by atoms with Crippen LogP contribution in [0.2, 0.25) is 0 Å². The van der Waals surface area contributed by atoms with E-state index < -0.39 is 17.7 Å². The first-order valence-electron chi connectivity index (χ1n) is 12.6. The molecule has 1 aliphatic rings. The average Bonchev–Trinajstić information content (AvgIpc) is 3.36. The van der Waals surface area contributed by atoms with Gasteiger partial charge in [-0.25, -0.2) is 4.68 Å². The minimum absolute atomic E-state index is 0.0326. The number of rotatable bonds is 7. The molecule has 3 aromatic rings. The van der Waals surface area contributed by atoms with Crippen molar-refractivity contribution in [2.45, 2.75) is 45.6 Å². The summed E-state index contributed by atoms with van der Waals surface area (Å²) in [5, 5.41) is 16.0. The number of carbonyl (C=O) groups is 2. The van der Waals surface area contributed by atoms with Crippen LogP contribution in [-0.2, 0) is 15.0 Å². The molecule has 2 heterocycles. The topological polar surface area (TPSA) is 78.7 Å². The minimum atomic E-state index is -0.671. The summed E-state index contributed by atoms with van der Waals surface area (Å²) in [6.07, 6.45) is 2.26. The van der Waals surface area contributed by atoms with E-state index >= 15 is 0 Å². The second-order valence-electron chi connectivity index (χ2n) is 10.9. The van der Waals surface area contributed by atoms with Crippen LogP contribution in [0.5, 0.6) is 0 Å². The van der Waals surface area contributed by atoms with Crippen LogP contribution in [0, 0.1) is 6.92 Å². The van der Waals surface area contributed by atoms with Gasteiger partial charge in [-0.05, 0) is 62.7 Å². The second-order valence-corrected chi connectivity index (χ2v) is 10.9. The number of para-hydroxylation sites is 1. The molecular formula is C30H36N4O3. The SMILES string of the molecule is Cc1c(/C(O)=C2\C(=O)C(=O)N(CCCN(C)C)[C@H]2c2ccc(C(C)(C)C)cc2)cnn1-c1ccccc1. The molecule has 0 aliphatic carbocycles. The number of hydrogen-bond acceptors (Lipinski definition) is 5. The van der Waals surface area contributed by atoms with Gasteiger partial charge in [-0.15, -0.1) is 0 Å². The molecule has 1 fully saturated rings. The van der Waals surface area contributed by atoms with Crippen molar-refractivity contribution in [1.82, 2.24) is 19.6 Å². The molecule has 2 aromatic carbocycles. The molecule has 0 radical (unpaired) electrons. The zero-order valence-electron chi connectivity index (χ0n) is 22.5. The lowest BCUT2D eigenvalue weighted by Crippen LogP contribution is -2.32. The number of hydrogen-bond donors (Lipinski definition) is 1. The van der Waals surface area contributed by atoms with Gasteiger partial charge in [0.25, 0.3) is 11.7 Å². The summed E-state index contributed by atoms with van der Waals surface area (Å²) in [5.74, 6) is -1.45. The summed E-state index contributed by atoms with van der Waals surface area (Å²) < 4.78 is 1.72. The maximum absolute atomic E-state index is 13.4. The Bertz CT molecular complexity index is 1320. The Balaban J connectivity index is 1.81. The monoisotopic (exact) mass is 500 g/mol. The highest BCUT2D eigenvalue weighted by Gasteiger charge is 2.46. The van der Waals surface area contributed by atoms with Crippen molar-refractivity contribution in [3.05, 3.63) is 88.8 Å². The van der Waals surface area contributed by atoms with Gasteiger partial charge in [-0.1, -0.05) is 63.2 Å². The fourth-order valence-electron chi connectivity index (χ4n) is 4.80. The van der Waals surface area contributed by atoms with Crippen molar-refractivity contribution < 1.29 is 14.7 Å². The second kappa shape index (κ2) is 10.3. The van der Waals surface area contributed by atoms with E-state index in [1.54, 1.807) is 15.8 Å². The first kappa shape index (κ1) is 26.4. The van der Waals surface area contributed by atoms with Gasteiger partial charge >= 0.3 is 0 Å². The number of likely N-dealkylation sites (tertiary alicyclic amines) is 1. The molecule has 7 heteroatoms. The van der Waals surface area contributed by atoms with Crippen LogP contribution in [-0.4, -0.2) is 63.6 Å². The Labute approximate surface area is 219 Å². The molecule has 194 valence electrons. The normalized spacial score (nSPS) is 17.7. The van der Waals surface area contributed by atoms with Crippen molar-refractivity contribution in [3.8, 4) is 5.69 Å². The molecule has 0 bridgehead atoms. The Morgan fingerprint density at radius 3 is 2.27 bits per heavy atom. The summed E-state index contributed by atoms with van der Waals surface area (Å²) in [4.78, 5) is 30.3. The number of aromatic nitrogens is 2. The Hall–Kier alpha value is -3.71. The van der Waals surface area contributed by atoms with Crippen molar-refractivity contribution in [1.29, 1.82) is 0 Å². The van der Waals surface area contributed by atoms with Gasteiger partial charge in [0.2, 0.25) is 0 Å². The summed E-state index contributed by atoms with van der Waals surface area (Å²) in [6, 6.07) is 16.9. The van der Waals surface area contributed by atoms with Crippen LogP contribution < -0.4 is 0 Å². The van der Waals surface area contributed by atoms with Crippen LogP contribution in [0.15, 0.2) is 66.4 Å². The summed E-state index contributed by atoms with van der Waals surface area (Å²) in [6.45, 7) is 9.46. The molecule has 0 spiro atoms. The quantitative estimate of drug-likeness (QED) is 0.285. The molecule has 1 saturated heterocycles. The highest BCUT2D eigenvalue weighted by molar-refractivity contribution is 6.46. The van der Waals surface area contributed by atoms with Crippen molar-refractivity contribution in [2.75, 3.05) is 27.2 Å². The van der Waals surface area contributed by atoms with Crippen LogP contribution in [0.25, 0.3) is 11.4 Å². The molecule has 1 aliphatic heterocycles. The van der Waals surface area contributed by atoms with Crippen LogP contribution in [0.4, 0.5) is 0 Å². The largest absolute Gasteiger partial charge is 0.507 e. The third kappa shape index (κ3) is 5.23. The lowest BCUT2D eigenvalue weighted by molar-refractivity contribution is -0.139. The van der Waals surface area contributed by atoms with Crippen molar-refractivity contribution in [3.63, 3.8) is 0 Å². The van der Waals surface area contributed by atoms with E-state index in [-0.39, 0.29) is 16.7 Å². The van der Waals surface area contributed by atoms with Gasteiger partial charge in [0, 0.05) is 6.54 Å². The smallest absolute Gasteiger partial charge is 0.295 e. The van der Waals surface area contributed by atoms with Crippen LogP contribution >= 0.6 is 0 Å². The van der Waals surface area contributed by atoms with Gasteiger partial charge in [0.1, 0.15) is 5.76 Å². The maximum atomic E-state index is 13.4. The summed E-state index contributed by atoms with van der Waals surface area (Å²) in [7, 11) is 3.95. The van der Waals surface area contributed by atoms with E-state index in [1.807, 2.05) is 80.5 Å². The van der Waals surface area contributed by atoms with E-state index in [2.05, 4.69) is 25.9 Å². The predicted octanol–water partition coefficient (Wildman–Crippen LogP) is 4.85. The number of Topliss-reactive ketones (excluding diaryl/α,β-unsaturated/α-hetero) is 1. The van der Waals surface area contributed by atoms with E-state index in [1.165, 1.54) is 0 Å². The third-order valence-electron chi connectivity index (χ3n) is 6.90. The van der Waals surface area contributed by atoms with Crippen molar-refractivity contribution >= 4 is 17.4 Å². The number of amides is 1. The minimum Gasteiger partial charge on any atom is -0.507 e. The molecule has 1 atom stereocenters. The fourth-order valence-corrected chi connectivity index (χ4v) is 4.80. The first-order valence-corrected chi connectivity index (χ1v) is 12.6. The molecular weight excluding hydrogens is 464 g/mol. The van der Waals surface area contributed by atoms with Gasteiger partial charge < -0.3 is 14.9 Å². The van der Waals surface area contributed by atoms with E-state index in [0.29, 0.717) is 24.2 Å². The number of carbonyl (C=O) groups excluding carboxylic acids is 2.